The van der Waals surface area contributed by atoms with Crippen LogP contribution in [-0.4, -0.2) is 11.1 Å². The van der Waals surface area contributed by atoms with Crippen molar-refractivity contribution in [2.75, 3.05) is 5.33 Å². The molecule has 70 valence electrons. The number of ketones is 1. The summed E-state index contributed by atoms with van der Waals surface area (Å²) in [6, 6.07) is 5.35. The van der Waals surface area contributed by atoms with Crippen LogP contribution in [0.4, 0.5) is 0 Å². The van der Waals surface area contributed by atoms with Gasteiger partial charge in [-0.05, 0) is 30.7 Å². The van der Waals surface area contributed by atoms with Crippen LogP contribution in [-0.2, 0) is 0 Å². The van der Waals surface area contributed by atoms with Crippen molar-refractivity contribution in [2.24, 2.45) is 0 Å². The summed E-state index contributed by atoms with van der Waals surface area (Å²) < 4.78 is 0. The first kappa shape index (κ1) is 10.7. The number of halogens is 2. The molecule has 1 nitrogen and oxygen atoms in total. The van der Waals surface area contributed by atoms with E-state index in [0.29, 0.717) is 16.8 Å². The SMILES string of the molecule is Cc1cc(C(=O)CCBr)ccc1Cl. The second-order valence-electron chi connectivity index (χ2n) is 2.83. The van der Waals surface area contributed by atoms with Crippen molar-refractivity contribution < 1.29 is 4.79 Å². The van der Waals surface area contributed by atoms with Crippen molar-refractivity contribution >= 4 is 33.3 Å². The normalized spacial score (nSPS) is 10.1. The Morgan fingerprint density at radius 2 is 2.23 bits per heavy atom. The Kier molecular flexibility index (Phi) is 3.94. The van der Waals surface area contributed by atoms with Gasteiger partial charge >= 0.3 is 0 Å². The zero-order valence-electron chi connectivity index (χ0n) is 7.31. The summed E-state index contributed by atoms with van der Waals surface area (Å²) in [7, 11) is 0. The third-order valence-corrected chi connectivity index (χ3v) is 2.62. The van der Waals surface area contributed by atoms with Gasteiger partial charge in [0.25, 0.3) is 0 Å². The quantitative estimate of drug-likeness (QED) is 0.600. The number of carbonyl (C=O) groups excluding carboxylic acids is 1. The van der Waals surface area contributed by atoms with Crippen molar-refractivity contribution in [3.05, 3.63) is 34.3 Å². The summed E-state index contributed by atoms with van der Waals surface area (Å²) in [4.78, 5) is 11.4. The molecule has 0 aliphatic carbocycles. The summed E-state index contributed by atoms with van der Waals surface area (Å²) in [5.74, 6) is 0.150. The van der Waals surface area contributed by atoms with Gasteiger partial charge < -0.3 is 0 Å². The van der Waals surface area contributed by atoms with Crippen LogP contribution in [0.1, 0.15) is 22.3 Å². The van der Waals surface area contributed by atoms with Gasteiger partial charge in [-0.3, -0.25) is 4.79 Å². The maximum Gasteiger partial charge on any atom is 0.163 e. The third-order valence-electron chi connectivity index (χ3n) is 1.80. The molecule has 1 aromatic carbocycles. The van der Waals surface area contributed by atoms with E-state index >= 15 is 0 Å². The molecule has 0 unspecified atom stereocenters. The molecule has 0 aliphatic rings. The van der Waals surface area contributed by atoms with E-state index in [1.807, 2.05) is 13.0 Å². The van der Waals surface area contributed by atoms with Gasteiger partial charge in [0.1, 0.15) is 0 Å². The highest BCUT2D eigenvalue weighted by molar-refractivity contribution is 9.09. The van der Waals surface area contributed by atoms with Gasteiger partial charge in [0.2, 0.25) is 0 Å². The highest BCUT2D eigenvalue weighted by Gasteiger charge is 2.05. The maximum absolute atomic E-state index is 11.4. The molecule has 0 aromatic heterocycles. The van der Waals surface area contributed by atoms with Crippen molar-refractivity contribution in [3.63, 3.8) is 0 Å². The number of aryl methyl sites for hydroxylation is 1. The molecule has 0 amide bonds. The molecule has 0 atom stereocenters. The molecule has 0 saturated heterocycles. The molecule has 0 aliphatic heterocycles. The summed E-state index contributed by atoms with van der Waals surface area (Å²) >= 11 is 9.08. The monoisotopic (exact) mass is 260 g/mol. The zero-order chi connectivity index (χ0) is 9.84. The van der Waals surface area contributed by atoms with Crippen LogP contribution in [0, 0.1) is 6.92 Å². The van der Waals surface area contributed by atoms with Gasteiger partial charge in [-0.1, -0.05) is 27.5 Å². The first-order valence-electron chi connectivity index (χ1n) is 4.00. The lowest BCUT2D eigenvalue weighted by Crippen LogP contribution is -1.99. The molecule has 0 N–H and O–H groups in total. The fourth-order valence-electron chi connectivity index (χ4n) is 1.05. The minimum absolute atomic E-state index is 0.150. The Bertz CT molecular complexity index is 323. The summed E-state index contributed by atoms with van der Waals surface area (Å²) in [5.41, 5.74) is 1.68. The second kappa shape index (κ2) is 4.77. The van der Waals surface area contributed by atoms with E-state index in [0.717, 1.165) is 11.1 Å². The van der Waals surface area contributed by atoms with Crippen molar-refractivity contribution in [2.45, 2.75) is 13.3 Å². The van der Waals surface area contributed by atoms with E-state index in [2.05, 4.69) is 15.9 Å². The molecule has 0 spiro atoms. The molecule has 0 radical (unpaired) electrons. The number of hydrogen-bond acceptors (Lipinski definition) is 1. The second-order valence-corrected chi connectivity index (χ2v) is 4.03. The van der Waals surface area contributed by atoms with Gasteiger partial charge in [0.15, 0.2) is 5.78 Å². The molecular weight excluding hydrogens is 251 g/mol. The fraction of sp³-hybridized carbons (Fsp3) is 0.300. The predicted octanol–water partition coefficient (Wildman–Crippen LogP) is 3.62. The van der Waals surface area contributed by atoms with E-state index in [1.165, 1.54) is 0 Å². The molecule has 0 saturated carbocycles. The average Bonchev–Trinajstić information content (AvgIpc) is 2.10. The Hall–Kier alpha value is -0.340. The van der Waals surface area contributed by atoms with Crippen LogP contribution in [0.15, 0.2) is 18.2 Å². The minimum Gasteiger partial charge on any atom is -0.294 e. The van der Waals surface area contributed by atoms with Crippen LogP contribution < -0.4 is 0 Å². The first-order valence-corrected chi connectivity index (χ1v) is 5.50. The van der Waals surface area contributed by atoms with Crippen molar-refractivity contribution in [3.8, 4) is 0 Å². The molecule has 1 rings (SSSR count). The van der Waals surface area contributed by atoms with E-state index in [1.54, 1.807) is 12.1 Å². The van der Waals surface area contributed by atoms with Gasteiger partial charge in [0.05, 0.1) is 0 Å². The highest BCUT2D eigenvalue weighted by atomic mass is 79.9. The number of Topliss-reactive ketones (excluding diaryl/α,β-unsaturated/α-hetero) is 1. The Labute approximate surface area is 91.2 Å². The number of rotatable bonds is 3. The van der Waals surface area contributed by atoms with Crippen LogP contribution in [0.3, 0.4) is 0 Å². The zero-order valence-corrected chi connectivity index (χ0v) is 9.65. The van der Waals surface area contributed by atoms with Gasteiger partial charge in [-0.15, -0.1) is 0 Å². The van der Waals surface area contributed by atoms with E-state index in [-0.39, 0.29) is 5.78 Å². The standard InChI is InChI=1S/C10H10BrClO/c1-7-6-8(2-3-9(7)12)10(13)4-5-11/h2-3,6H,4-5H2,1H3. The lowest BCUT2D eigenvalue weighted by molar-refractivity contribution is 0.0990. The lowest BCUT2D eigenvalue weighted by atomic mass is 10.1. The largest absolute Gasteiger partial charge is 0.294 e. The summed E-state index contributed by atoms with van der Waals surface area (Å²) in [6.45, 7) is 1.90. The molecule has 0 bridgehead atoms. The predicted molar refractivity (Wildman–Crippen MR) is 58.9 cm³/mol. The van der Waals surface area contributed by atoms with Gasteiger partial charge in [-0.2, -0.15) is 0 Å². The van der Waals surface area contributed by atoms with Gasteiger partial charge in [0, 0.05) is 22.3 Å². The molecule has 0 fully saturated rings. The fourth-order valence-corrected chi connectivity index (χ4v) is 1.53. The topological polar surface area (TPSA) is 17.1 Å². The van der Waals surface area contributed by atoms with Crippen LogP contribution in [0.2, 0.25) is 5.02 Å². The summed E-state index contributed by atoms with van der Waals surface area (Å²) in [5, 5.41) is 1.41. The van der Waals surface area contributed by atoms with Crippen molar-refractivity contribution in [1.82, 2.24) is 0 Å². The van der Waals surface area contributed by atoms with E-state index in [4.69, 9.17) is 11.6 Å². The van der Waals surface area contributed by atoms with Crippen LogP contribution in [0.25, 0.3) is 0 Å². The molecular formula is C10H10BrClO. The molecule has 1 aromatic rings. The first-order chi connectivity index (χ1) is 6.15. The Morgan fingerprint density at radius 3 is 2.77 bits per heavy atom. The third kappa shape index (κ3) is 2.82. The Balaban J connectivity index is 2.90. The number of alkyl halides is 1. The lowest BCUT2D eigenvalue weighted by Gasteiger charge is -2.01. The highest BCUT2D eigenvalue weighted by Crippen LogP contribution is 2.17. The molecule has 0 heterocycles. The maximum atomic E-state index is 11.4. The molecule has 13 heavy (non-hydrogen) atoms. The number of hydrogen-bond donors (Lipinski definition) is 0. The van der Waals surface area contributed by atoms with Crippen molar-refractivity contribution in [1.29, 1.82) is 0 Å². The number of carbonyl (C=O) groups is 1. The smallest absolute Gasteiger partial charge is 0.163 e. The number of benzene rings is 1. The van der Waals surface area contributed by atoms with Crippen LogP contribution >= 0.6 is 27.5 Å². The van der Waals surface area contributed by atoms with Crippen LogP contribution in [0.5, 0.6) is 0 Å². The summed E-state index contributed by atoms with van der Waals surface area (Å²) in [6.07, 6.45) is 0.529. The van der Waals surface area contributed by atoms with Gasteiger partial charge in [-0.25, -0.2) is 0 Å². The Morgan fingerprint density at radius 1 is 1.54 bits per heavy atom. The molecule has 3 heteroatoms. The van der Waals surface area contributed by atoms with E-state index in [9.17, 15) is 4.79 Å². The average molecular weight is 262 g/mol. The van der Waals surface area contributed by atoms with E-state index < -0.39 is 0 Å². The minimum atomic E-state index is 0.150.